The molecule has 0 unspecified atom stereocenters. The van der Waals surface area contributed by atoms with Crippen LogP contribution in [0.1, 0.15) is 40.5 Å². The van der Waals surface area contributed by atoms with Gasteiger partial charge in [0.2, 0.25) is 5.91 Å². The quantitative estimate of drug-likeness (QED) is 0.0760. The van der Waals surface area contributed by atoms with Crippen molar-refractivity contribution in [2.75, 3.05) is 18.4 Å². The van der Waals surface area contributed by atoms with Gasteiger partial charge in [0.1, 0.15) is 11.5 Å². The second-order valence-electron chi connectivity index (χ2n) is 12.5. The number of rotatable bonds is 15. The minimum Gasteiger partial charge on any atom is -0.699 e. The van der Waals surface area contributed by atoms with Crippen LogP contribution in [0.25, 0.3) is 23.0 Å². The van der Waals surface area contributed by atoms with E-state index in [4.69, 9.17) is 42.1 Å². The number of hydrogen-bond acceptors (Lipinski definition) is 6. The van der Waals surface area contributed by atoms with Crippen LogP contribution < -0.4 is 15.5 Å². The van der Waals surface area contributed by atoms with E-state index in [1.807, 2.05) is 0 Å². The molecule has 0 saturated heterocycles. The molecule has 18 heteroatoms. The van der Waals surface area contributed by atoms with E-state index < -0.39 is 40.4 Å². The standard InChI is InChI=1S/C18H17N2O4.C10H26N2OSi2.C6H9N2O3.2Y/c1-11(12(2)18(22)23)17(21)20-14-5-9-16(10-6-14)24-15-7-3-13(19)4-8-15;1-14(2,9-5-7-11)13-15(3,4)10-6-8-12;1-3(5(9)8-7)4(2)6(10)11;;/h3-10,19H,1-2H3,(H,20,21)(H,22,23);11-12H,5-10H2,1-4H3;7H,1-2H3,(H,8,9)(H,10,11);;/q-1;-2;-1;;/b12-11-;;4-3-;;. The molecule has 284 valence electrons. The minimum atomic E-state index is -1.53. The molecule has 0 fully saturated rings. The predicted molar refractivity (Wildman–Crippen MR) is 203 cm³/mol. The van der Waals surface area contributed by atoms with E-state index in [1.54, 1.807) is 54.0 Å². The monoisotopic (exact) mass is 906 g/mol. The first-order valence-electron chi connectivity index (χ1n) is 15.9. The fourth-order valence-electron chi connectivity index (χ4n) is 4.12. The summed E-state index contributed by atoms with van der Waals surface area (Å²) in [6, 6.07) is 15.6. The molecule has 0 aliphatic rings. The molecule has 0 heterocycles. The maximum atomic E-state index is 12.0. The van der Waals surface area contributed by atoms with Gasteiger partial charge in [-0.2, -0.15) is 13.1 Å². The molecule has 0 aromatic heterocycles. The van der Waals surface area contributed by atoms with Gasteiger partial charge in [0.05, 0.1) is 0 Å². The summed E-state index contributed by atoms with van der Waals surface area (Å²) in [7, 11) is -3.06. The number of hydrogen-bond donors (Lipinski definition) is 4. The van der Waals surface area contributed by atoms with E-state index >= 15 is 0 Å². The van der Waals surface area contributed by atoms with Crippen LogP contribution in [-0.2, 0) is 88.7 Å². The molecule has 0 spiro atoms. The molecule has 2 amide bonds. The Kier molecular flexibility index (Phi) is 28.6. The molecule has 2 aromatic carbocycles. The van der Waals surface area contributed by atoms with Crippen LogP contribution in [0.5, 0.6) is 11.5 Å². The number of ether oxygens (including phenoxy) is 1. The van der Waals surface area contributed by atoms with Gasteiger partial charge in [-0.05, 0) is 102 Å². The normalized spacial score (nSPS) is 11.6. The van der Waals surface area contributed by atoms with Crippen LogP contribution in [0.15, 0.2) is 70.8 Å². The van der Waals surface area contributed by atoms with Crippen molar-refractivity contribution in [1.82, 2.24) is 5.43 Å². The van der Waals surface area contributed by atoms with Crippen molar-refractivity contribution in [2.24, 2.45) is 0 Å². The van der Waals surface area contributed by atoms with Gasteiger partial charge < -0.3 is 52.9 Å². The first-order chi connectivity index (χ1) is 23.2. The van der Waals surface area contributed by atoms with Crippen LogP contribution in [0, 0.1) is 0 Å². The summed E-state index contributed by atoms with van der Waals surface area (Å²) in [5, 5.41) is 19.9. The van der Waals surface area contributed by atoms with Gasteiger partial charge in [0, 0.05) is 93.4 Å². The maximum Gasteiger partial charge on any atom is 0.331 e. The molecule has 2 aromatic rings. The Bertz CT molecular complexity index is 1470. The molecule has 0 aliphatic carbocycles. The van der Waals surface area contributed by atoms with Gasteiger partial charge in [-0.1, -0.05) is 25.0 Å². The summed E-state index contributed by atoms with van der Waals surface area (Å²) < 4.78 is 12.0. The number of benzene rings is 2. The maximum absolute atomic E-state index is 12.0. The number of anilines is 1. The Balaban J connectivity index is -0.000000742. The fourth-order valence-corrected chi connectivity index (χ4v) is 13.0. The van der Waals surface area contributed by atoms with Crippen molar-refractivity contribution in [1.29, 1.82) is 0 Å². The molecule has 8 N–H and O–H groups in total. The summed E-state index contributed by atoms with van der Waals surface area (Å²) in [6.45, 7) is 15.6. The van der Waals surface area contributed by atoms with E-state index in [-0.39, 0.29) is 87.7 Å². The van der Waals surface area contributed by atoms with Crippen LogP contribution in [0.4, 0.5) is 11.4 Å². The van der Waals surface area contributed by atoms with E-state index in [9.17, 15) is 19.2 Å². The second-order valence-corrected chi connectivity index (χ2v) is 21.4. The molecule has 0 bridgehead atoms. The van der Waals surface area contributed by atoms with Crippen LogP contribution >= 0.6 is 0 Å². The summed E-state index contributed by atoms with van der Waals surface area (Å²) in [6.07, 6.45) is 1.95. The molecule has 14 nitrogen and oxygen atoms in total. The summed E-state index contributed by atoms with van der Waals surface area (Å²) in [5.74, 6) is 4.22. The van der Waals surface area contributed by atoms with E-state index in [0.29, 0.717) is 36.0 Å². The van der Waals surface area contributed by atoms with Crippen LogP contribution in [0.3, 0.4) is 0 Å². The largest absolute Gasteiger partial charge is 0.699 e. The molecule has 0 atom stereocenters. The Hall–Kier alpha value is -2.12. The first-order valence-corrected chi connectivity index (χ1v) is 22.1. The Morgan fingerprint density at radius 1 is 0.654 bits per heavy atom. The number of carbonyl (C=O) groups is 4. The molecular formula is C34H52N6O8Si2Y2-4. The molecule has 2 radical (unpaired) electrons. The molecule has 0 saturated carbocycles. The van der Waals surface area contributed by atoms with Crippen molar-refractivity contribution in [2.45, 2.75) is 78.8 Å². The van der Waals surface area contributed by atoms with Crippen molar-refractivity contribution in [3.05, 3.63) is 93.9 Å². The van der Waals surface area contributed by atoms with Gasteiger partial charge in [0.15, 0.2) is 16.6 Å². The van der Waals surface area contributed by atoms with E-state index in [2.05, 4.69) is 31.5 Å². The average Bonchev–Trinajstić information content (AvgIpc) is 3.06. The van der Waals surface area contributed by atoms with Crippen LogP contribution in [-0.4, -0.2) is 63.7 Å². The third-order valence-electron chi connectivity index (χ3n) is 7.23. The number of amides is 2. The molecule has 52 heavy (non-hydrogen) atoms. The van der Waals surface area contributed by atoms with Gasteiger partial charge >= 0.3 is 11.9 Å². The zero-order valence-corrected chi connectivity index (χ0v) is 39.0. The summed E-state index contributed by atoms with van der Waals surface area (Å²) >= 11 is 0. The predicted octanol–water partition coefficient (Wildman–Crippen LogP) is 9.31. The van der Waals surface area contributed by atoms with Crippen LogP contribution in [0.2, 0.25) is 38.3 Å². The SMILES string of the molecule is C/C(C(=O)O)=C(\C)C(=O)N[NH-].C/C(C(=O)O)=C(\C)C(=O)Nc1ccc(Oc2ccc([NH-])cc2)cc1.C[Si](C)(CCC[NH-])O[Si](C)(C)CCC[NH-].[Y].[Y]. The zero-order valence-electron chi connectivity index (χ0n) is 31.4. The van der Waals surface area contributed by atoms with Gasteiger partial charge in [-0.25, -0.2) is 9.59 Å². The van der Waals surface area contributed by atoms with Crippen molar-refractivity contribution in [3.8, 4) is 11.5 Å². The Morgan fingerprint density at radius 3 is 1.37 bits per heavy atom. The zero-order chi connectivity index (χ0) is 38.7. The van der Waals surface area contributed by atoms with Crippen molar-refractivity contribution < 1.29 is 104 Å². The number of aliphatic carboxylic acids is 2. The molecule has 2 rings (SSSR count). The van der Waals surface area contributed by atoms with E-state index in [0.717, 1.165) is 24.9 Å². The number of carbonyl (C=O) groups excluding carboxylic acids is 2. The average molecular weight is 907 g/mol. The molecule has 0 aliphatic heterocycles. The Labute approximate surface area is 360 Å². The number of carboxylic acids is 2. The molecular weight excluding hydrogens is 854 g/mol. The van der Waals surface area contributed by atoms with Gasteiger partial charge in [0.25, 0.3) is 5.91 Å². The van der Waals surface area contributed by atoms with Crippen molar-refractivity contribution in [3.63, 3.8) is 0 Å². The topological polar surface area (TPSA) is 246 Å². The second kappa shape index (κ2) is 27.5. The smallest absolute Gasteiger partial charge is 0.331 e. The van der Waals surface area contributed by atoms with E-state index in [1.165, 1.54) is 27.7 Å². The minimum absolute atomic E-state index is 0. The van der Waals surface area contributed by atoms with Gasteiger partial charge in [-0.3, -0.25) is 9.59 Å². The third kappa shape index (κ3) is 22.8. The Morgan fingerprint density at radius 2 is 1.02 bits per heavy atom. The van der Waals surface area contributed by atoms with Crippen molar-refractivity contribution >= 4 is 51.8 Å². The third-order valence-corrected chi connectivity index (χ3v) is 14.8. The summed E-state index contributed by atoms with van der Waals surface area (Å²) in [4.78, 5) is 43.8. The number of nitrogens with one attached hydrogen (secondary N) is 6. The number of carboxylic acid groups (broad SMARTS) is 2. The first kappa shape index (κ1) is 54.2. The van der Waals surface area contributed by atoms with Gasteiger partial charge in [-0.15, -0.1) is 5.69 Å². The fraction of sp³-hybridized carbons (Fsp3) is 0.412. The summed E-state index contributed by atoms with van der Waals surface area (Å²) in [5.41, 5.74) is 24.5.